The van der Waals surface area contributed by atoms with Gasteiger partial charge in [-0.25, -0.2) is 5.43 Å². The van der Waals surface area contributed by atoms with Gasteiger partial charge >= 0.3 is 0 Å². The first-order valence-corrected chi connectivity index (χ1v) is 13.2. The van der Waals surface area contributed by atoms with Crippen molar-refractivity contribution in [2.45, 2.75) is 13.5 Å². The Hall–Kier alpha value is -3.99. The van der Waals surface area contributed by atoms with E-state index in [4.69, 9.17) is 18.9 Å². The third kappa shape index (κ3) is 6.10. The van der Waals surface area contributed by atoms with E-state index in [2.05, 4.69) is 62.7 Å². The van der Waals surface area contributed by atoms with Gasteiger partial charge in [0.2, 0.25) is 6.79 Å². The molecular weight excluding hydrogens is 597 g/mol. The normalized spacial score (nSPS) is 12.1. The number of ether oxygens (including phenoxy) is 4. The molecule has 194 valence electrons. The van der Waals surface area contributed by atoms with Crippen molar-refractivity contribution in [3.8, 4) is 23.0 Å². The van der Waals surface area contributed by atoms with Gasteiger partial charge in [0.1, 0.15) is 6.61 Å². The Morgan fingerprint density at radius 2 is 1.87 bits per heavy atom. The van der Waals surface area contributed by atoms with Crippen LogP contribution in [0.25, 0.3) is 10.8 Å². The lowest BCUT2D eigenvalue weighted by Gasteiger charge is -2.15. The number of hydrogen-bond acceptors (Lipinski definition) is 7. The van der Waals surface area contributed by atoms with Gasteiger partial charge < -0.3 is 24.3 Å². The van der Waals surface area contributed by atoms with E-state index in [1.165, 1.54) is 5.39 Å². The van der Waals surface area contributed by atoms with Crippen molar-refractivity contribution in [3.05, 3.63) is 87.5 Å². The summed E-state index contributed by atoms with van der Waals surface area (Å²) in [6, 6.07) is 23.6. The first kappa shape index (κ1) is 25.7. The molecule has 8 nitrogen and oxygen atoms in total. The number of anilines is 1. The van der Waals surface area contributed by atoms with Crippen LogP contribution in [0.1, 0.15) is 18.1 Å². The van der Waals surface area contributed by atoms with E-state index >= 15 is 0 Å². The Bertz CT molecular complexity index is 1490. The highest BCUT2D eigenvalue weighted by Gasteiger charge is 2.14. The van der Waals surface area contributed by atoms with Gasteiger partial charge in [0.05, 0.1) is 22.9 Å². The van der Waals surface area contributed by atoms with Gasteiger partial charge in [-0.3, -0.25) is 4.79 Å². The van der Waals surface area contributed by atoms with E-state index in [0.717, 1.165) is 25.8 Å². The molecule has 0 fully saturated rings. The third-order valence-electron chi connectivity index (χ3n) is 5.81. The van der Waals surface area contributed by atoms with E-state index in [1.54, 1.807) is 18.3 Å². The summed E-state index contributed by atoms with van der Waals surface area (Å²) in [5, 5.41) is 9.48. The Kier molecular flexibility index (Phi) is 8.12. The van der Waals surface area contributed by atoms with Crippen LogP contribution in [0.15, 0.2) is 77.9 Å². The van der Waals surface area contributed by atoms with Crippen molar-refractivity contribution in [1.82, 2.24) is 5.43 Å². The standard InChI is InChI=1S/C29H26IN3O5/c1-2-35-27-13-19(15-32-33-28(34)16-31-22-10-11-25-26(14-22)38-18-37-25)12-24(30)29(27)36-17-21-8-5-7-20-6-3-4-9-23(20)21/h3-15,31H,2,16-18H2,1H3,(H,33,34). The Morgan fingerprint density at radius 1 is 1.03 bits per heavy atom. The van der Waals surface area contributed by atoms with Crippen LogP contribution < -0.4 is 29.7 Å². The number of fused-ring (bicyclic) bond motifs is 2. The van der Waals surface area contributed by atoms with Crippen molar-refractivity contribution in [1.29, 1.82) is 0 Å². The SMILES string of the molecule is CCOc1cc(C=NNC(=O)CNc2ccc3c(c2)OCO3)cc(I)c1OCc1cccc2ccccc12. The predicted molar refractivity (Wildman–Crippen MR) is 155 cm³/mol. The van der Waals surface area contributed by atoms with Gasteiger partial charge in [-0.1, -0.05) is 42.5 Å². The number of rotatable bonds is 10. The van der Waals surface area contributed by atoms with Gasteiger partial charge in [-0.2, -0.15) is 5.10 Å². The minimum atomic E-state index is -0.284. The van der Waals surface area contributed by atoms with Crippen LogP contribution >= 0.6 is 22.6 Å². The molecule has 0 aromatic heterocycles. The van der Waals surface area contributed by atoms with Crippen LogP contribution in [0.2, 0.25) is 0 Å². The number of benzene rings is 4. The van der Waals surface area contributed by atoms with Crippen LogP contribution in [0.4, 0.5) is 5.69 Å². The van der Waals surface area contributed by atoms with Crippen molar-refractivity contribution in [2.24, 2.45) is 5.10 Å². The monoisotopic (exact) mass is 623 g/mol. The summed E-state index contributed by atoms with van der Waals surface area (Å²) >= 11 is 2.23. The second-order valence-corrected chi connectivity index (χ2v) is 9.57. The zero-order valence-corrected chi connectivity index (χ0v) is 22.9. The minimum Gasteiger partial charge on any atom is -0.490 e. The summed E-state index contributed by atoms with van der Waals surface area (Å²) in [6.45, 7) is 3.09. The van der Waals surface area contributed by atoms with E-state index in [1.807, 2.05) is 43.3 Å². The molecule has 4 aromatic carbocycles. The molecular formula is C29H26IN3O5. The molecule has 5 rings (SSSR count). The maximum Gasteiger partial charge on any atom is 0.259 e. The van der Waals surface area contributed by atoms with Crippen LogP contribution in [-0.4, -0.2) is 32.1 Å². The molecule has 4 aromatic rings. The topological polar surface area (TPSA) is 90.4 Å². The number of hydrazone groups is 1. The van der Waals surface area contributed by atoms with Crippen molar-refractivity contribution >= 4 is 51.2 Å². The Labute approximate surface area is 234 Å². The fourth-order valence-electron chi connectivity index (χ4n) is 4.04. The molecule has 0 radical (unpaired) electrons. The number of halogens is 1. The summed E-state index contributed by atoms with van der Waals surface area (Å²) in [4.78, 5) is 12.3. The first-order valence-electron chi connectivity index (χ1n) is 12.1. The van der Waals surface area contributed by atoms with Gasteiger partial charge in [-0.05, 0) is 75.7 Å². The molecule has 9 heteroatoms. The van der Waals surface area contributed by atoms with E-state index in [9.17, 15) is 4.79 Å². The molecule has 0 unspecified atom stereocenters. The van der Waals surface area contributed by atoms with E-state index in [-0.39, 0.29) is 19.2 Å². The second kappa shape index (κ2) is 12.0. The van der Waals surface area contributed by atoms with E-state index in [0.29, 0.717) is 36.2 Å². The molecule has 2 N–H and O–H groups in total. The van der Waals surface area contributed by atoms with Gasteiger partial charge in [0.15, 0.2) is 23.0 Å². The summed E-state index contributed by atoms with van der Waals surface area (Å²) in [5.41, 5.74) is 5.17. The minimum absolute atomic E-state index is 0.0552. The molecule has 1 amide bonds. The zero-order chi connectivity index (χ0) is 26.3. The van der Waals surface area contributed by atoms with Crippen molar-refractivity contribution < 1.29 is 23.7 Å². The summed E-state index contributed by atoms with van der Waals surface area (Å²) < 4.78 is 23.6. The molecule has 0 saturated heterocycles. The molecule has 0 aliphatic carbocycles. The number of carbonyl (C=O) groups excluding carboxylic acids is 1. The number of carbonyl (C=O) groups is 1. The lowest BCUT2D eigenvalue weighted by atomic mass is 10.1. The molecule has 0 spiro atoms. The maximum absolute atomic E-state index is 12.3. The molecule has 1 aliphatic heterocycles. The highest BCUT2D eigenvalue weighted by Crippen LogP contribution is 2.35. The Balaban J connectivity index is 1.21. The number of nitrogens with one attached hydrogen (secondary N) is 2. The highest BCUT2D eigenvalue weighted by atomic mass is 127. The Morgan fingerprint density at radius 3 is 2.76 bits per heavy atom. The summed E-state index contributed by atoms with van der Waals surface area (Å²) in [5.74, 6) is 2.35. The fourth-order valence-corrected chi connectivity index (χ4v) is 4.82. The predicted octanol–water partition coefficient (Wildman–Crippen LogP) is 5.71. The maximum atomic E-state index is 12.3. The van der Waals surface area contributed by atoms with Gasteiger partial charge in [0.25, 0.3) is 5.91 Å². The molecule has 0 saturated carbocycles. The van der Waals surface area contributed by atoms with Crippen LogP contribution in [0.5, 0.6) is 23.0 Å². The smallest absolute Gasteiger partial charge is 0.259 e. The lowest BCUT2D eigenvalue weighted by molar-refractivity contribution is -0.119. The highest BCUT2D eigenvalue weighted by molar-refractivity contribution is 14.1. The lowest BCUT2D eigenvalue weighted by Crippen LogP contribution is -2.25. The third-order valence-corrected chi connectivity index (χ3v) is 6.61. The largest absolute Gasteiger partial charge is 0.490 e. The summed E-state index contributed by atoms with van der Waals surface area (Å²) in [7, 11) is 0. The molecule has 38 heavy (non-hydrogen) atoms. The van der Waals surface area contributed by atoms with Gasteiger partial charge in [0, 0.05) is 11.8 Å². The summed E-state index contributed by atoms with van der Waals surface area (Å²) in [6.07, 6.45) is 1.58. The first-order chi connectivity index (χ1) is 18.6. The van der Waals surface area contributed by atoms with Crippen LogP contribution in [-0.2, 0) is 11.4 Å². The number of nitrogens with zero attached hydrogens (tertiary/aromatic N) is 1. The number of amides is 1. The molecule has 1 heterocycles. The number of hydrogen-bond donors (Lipinski definition) is 2. The van der Waals surface area contributed by atoms with Crippen LogP contribution in [0.3, 0.4) is 0 Å². The van der Waals surface area contributed by atoms with Crippen molar-refractivity contribution in [2.75, 3.05) is 25.3 Å². The van der Waals surface area contributed by atoms with Crippen LogP contribution in [0, 0.1) is 3.57 Å². The quantitative estimate of drug-likeness (QED) is 0.134. The average Bonchev–Trinajstić information content (AvgIpc) is 3.40. The van der Waals surface area contributed by atoms with Crippen molar-refractivity contribution in [3.63, 3.8) is 0 Å². The van der Waals surface area contributed by atoms with E-state index < -0.39 is 0 Å². The molecule has 1 aliphatic rings. The zero-order valence-electron chi connectivity index (χ0n) is 20.7. The molecule has 0 bridgehead atoms. The van der Waals surface area contributed by atoms with Gasteiger partial charge in [-0.15, -0.1) is 0 Å². The molecule has 0 atom stereocenters. The average molecular weight is 623 g/mol. The second-order valence-electron chi connectivity index (χ2n) is 8.40. The fraction of sp³-hybridized carbons (Fsp3) is 0.172.